The first-order valence-electron chi connectivity index (χ1n) is 7.38. The van der Waals surface area contributed by atoms with Crippen molar-refractivity contribution < 1.29 is 4.79 Å². The zero-order valence-corrected chi connectivity index (χ0v) is 14.1. The largest absolute Gasteiger partial charge is 0.355 e. The molecule has 0 spiro atoms. The lowest BCUT2D eigenvalue weighted by Gasteiger charge is -2.10. The van der Waals surface area contributed by atoms with E-state index in [1.165, 1.54) is 6.20 Å². The maximum absolute atomic E-state index is 11.7. The minimum absolute atomic E-state index is 0.157. The molecule has 0 aliphatic rings. The van der Waals surface area contributed by atoms with Crippen molar-refractivity contribution in [3.05, 3.63) is 46.8 Å². The van der Waals surface area contributed by atoms with Gasteiger partial charge in [-0.05, 0) is 31.5 Å². The SMILES string of the molecule is CC.CNC(=O)c1ccc(C)c(Nc2ncc(C#N)c(C)n2)c1. The summed E-state index contributed by atoms with van der Waals surface area (Å²) in [7, 11) is 1.59. The molecule has 23 heavy (non-hydrogen) atoms. The summed E-state index contributed by atoms with van der Waals surface area (Å²) in [5, 5.41) is 14.5. The lowest BCUT2D eigenvalue weighted by molar-refractivity contribution is 0.0963. The first-order chi connectivity index (χ1) is 11.0. The Morgan fingerprint density at radius 1 is 1.26 bits per heavy atom. The molecular formula is C17H21N5O. The molecule has 1 aromatic carbocycles. The topological polar surface area (TPSA) is 90.7 Å². The van der Waals surface area contributed by atoms with Crippen molar-refractivity contribution in [2.24, 2.45) is 0 Å². The number of hydrogen-bond acceptors (Lipinski definition) is 5. The van der Waals surface area contributed by atoms with Crippen molar-refractivity contribution in [2.75, 3.05) is 12.4 Å². The Labute approximate surface area is 136 Å². The smallest absolute Gasteiger partial charge is 0.251 e. The summed E-state index contributed by atoms with van der Waals surface area (Å²) in [6.45, 7) is 7.67. The van der Waals surface area contributed by atoms with E-state index in [1.807, 2.05) is 32.9 Å². The third-order valence-electron chi connectivity index (χ3n) is 3.07. The molecule has 2 aromatic rings. The maximum Gasteiger partial charge on any atom is 0.251 e. The summed E-state index contributed by atoms with van der Waals surface area (Å²) in [5.74, 6) is 0.235. The molecule has 1 aromatic heterocycles. The van der Waals surface area contributed by atoms with E-state index in [0.29, 0.717) is 22.8 Å². The van der Waals surface area contributed by atoms with Gasteiger partial charge in [-0.25, -0.2) is 9.97 Å². The average molecular weight is 311 g/mol. The van der Waals surface area contributed by atoms with Crippen LogP contribution < -0.4 is 10.6 Å². The Morgan fingerprint density at radius 3 is 2.52 bits per heavy atom. The third-order valence-corrected chi connectivity index (χ3v) is 3.07. The molecule has 1 amide bonds. The quantitative estimate of drug-likeness (QED) is 0.909. The molecule has 6 heteroatoms. The van der Waals surface area contributed by atoms with E-state index < -0.39 is 0 Å². The van der Waals surface area contributed by atoms with Gasteiger partial charge in [-0.15, -0.1) is 0 Å². The molecule has 0 unspecified atom stereocenters. The molecule has 6 nitrogen and oxygen atoms in total. The molecule has 2 N–H and O–H groups in total. The standard InChI is InChI=1S/C15H15N5O.C2H6/c1-9-4-5-11(14(21)17-3)6-13(9)20-15-18-8-12(7-16)10(2)19-15;1-2/h4-6,8H,1-3H3,(H,17,21)(H,18,19,20);1-2H3. The van der Waals surface area contributed by atoms with Gasteiger partial charge in [-0.1, -0.05) is 19.9 Å². The fourth-order valence-corrected chi connectivity index (χ4v) is 1.80. The summed E-state index contributed by atoms with van der Waals surface area (Å²) in [6, 6.07) is 7.37. The number of anilines is 2. The second-order valence-corrected chi connectivity index (χ2v) is 4.54. The van der Waals surface area contributed by atoms with Gasteiger partial charge in [0.1, 0.15) is 6.07 Å². The van der Waals surface area contributed by atoms with E-state index in [4.69, 9.17) is 5.26 Å². The number of aromatic nitrogens is 2. The second kappa shape index (κ2) is 8.49. The third kappa shape index (κ3) is 4.51. The molecule has 0 fully saturated rings. The number of amides is 1. The van der Waals surface area contributed by atoms with Gasteiger partial charge in [0.15, 0.2) is 0 Å². The number of nitrogens with one attached hydrogen (secondary N) is 2. The Hall–Kier alpha value is -2.94. The lowest BCUT2D eigenvalue weighted by Crippen LogP contribution is -2.18. The maximum atomic E-state index is 11.7. The number of carbonyl (C=O) groups is 1. The van der Waals surface area contributed by atoms with E-state index in [9.17, 15) is 4.79 Å². The van der Waals surface area contributed by atoms with Crippen molar-refractivity contribution in [3.8, 4) is 6.07 Å². The van der Waals surface area contributed by atoms with Crippen LogP contribution in [-0.4, -0.2) is 22.9 Å². The molecule has 0 aliphatic heterocycles. The molecular weight excluding hydrogens is 290 g/mol. The van der Waals surface area contributed by atoms with Crippen molar-refractivity contribution in [2.45, 2.75) is 27.7 Å². The molecule has 0 saturated heterocycles. The minimum atomic E-state index is -0.157. The minimum Gasteiger partial charge on any atom is -0.355 e. The molecule has 2 rings (SSSR count). The van der Waals surface area contributed by atoms with Gasteiger partial charge in [0.2, 0.25) is 5.95 Å². The Balaban J connectivity index is 0.00000127. The van der Waals surface area contributed by atoms with Crippen molar-refractivity contribution in [1.82, 2.24) is 15.3 Å². The summed E-state index contributed by atoms with van der Waals surface area (Å²) in [4.78, 5) is 20.0. The van der Waals surface area contributed by atoms with Gasteiger partial charge in [-0.3, -0.25) is 4.79 Å². The predicted molar refractivity (Wildman–Crippen MR) is 90.7 cm³/mol. The number of nitrogens with zero attached hydrogens (tertiary/aromatic N) is 3. The van der Waals surface area contributed by atoms with Gasteiger partial charge in [0, 0.05) is 18.3 Å². The van der Waals surface area contributed by atoms with Gasteiger partial charge >= 0.3 is 0 Å². The normalized spacial score (nSPS) is 9.22. The van der Waals surface area contributed by atoms with Crippen LogP contribution in [0.4, 0.5) is 11.6 Å². The van der Waals surface area contributed by atoms with Gasteiger partial charge in [0.05, 0.1) is 17.5 Å². The zero-order chi connectivity index (χ0) is 17.4. The van der Waals surface area contributed by atoms with Crippen molar-refractivity contribution in [1.29, 1.82) is 5.26 Å². The van der Waals surface area contributed by atoms with E-state index in [0.717, 1.165) is 11.3 Å². The van der Waals surface area contributed by atoms with E-state index >= 15 is 0 Å². The highest BCUT2D eigenvalue weighted by Crippen LogP contribution is 2.20. The lowest BCUT2D eigenvalue weighted by atomic mass is 10.1. The number of carbonyl (C=O) groups excluding carboxylic acids is 1. The fraction of sp³-hybridized carbons (Fsp3) is 0.294. The van der Waals surface area contributed by atoms with Crippen LogP contribution in [-0.2, 0) is 0 Å². The van der Waals surface area contributed by atoms with Gasteiger partial charge in [0.25, 0.3) is 5.91 Å². The van der Waals surface area contributed by atoms with Crippen LogP contribution in [0.15, 0.2) is 24.4 Å². The highest BCUT2D eigenvalue weighted by molar-refractivity contribution is 5.95. The average Bonchev–Trinajstić information content (AvgIpc) is 2.58. The molecule has 0 saturated carbocycles. The molecule has 0 atom stereocenters. The molecule has 0 radical (unpaired) electrons. The Bertz CT molecular complexity index is 734. The number of hydrogen-bond donors (Lipinski definition) is 2. The van der Waals surface area contributed by atoms with E-state index in [1.54, 1.807) is 26.1 Å². The predicted octanol–water partition coefficient (Wildman–Crippen LogP) is 3.09. The van der Waals surface area contributed by atoms with Crippen molar-refractivity contribution >= 4 is 17.5 Å². The highest BCUT2D eigenvalue weighted by atomic mass is 16.1. The van der Waals surface area contributed by atoms with Gasteiger partial charge < -0.3 is 10.6 Å². The van der Waals surface area contributed by atoms with Crippen molar-refractivity contribution in [3.63, 3.8) is 0 Å². The van der Waals surface area contributed by atoms with Gasteiger partial charge in [-0.2, -0.15) is 5.26 Å². The van der Waals surface area contributed by atoms with Crippen LogP contribution in [0.1, 0.15) is 41.0 Å². The number of nitriles is 1. The summed E-state index contributed by atoms with van der Waals surface area (Å²) in [6.07, 6.45) is 1.47. The van der Waals surface area contributed by atoms with Crippen LogP contribution in [0, 0.1) is 25.2 Å². The first kappa shape index (κ1) is 18.1. The summed E-state index contributed by atoms with van der Waals surface area (Å²) in [5.41, 5.74) is 3.32. The summed E-state index contributed by atoms with van der Waals surface area (Å²) < 4.78 is 0. The van der Waals surface area contributed by atoms with Crippen LogP contribution in [0.5, 0.6) is 0 Å². The number of rotatable bonds is 3. The summed E-state index contributed by atoms with van der Waals surface area (Å²) >= 11 is 0. The molecule has 0 aliphatic carbocycles. The van der Waals surface area contributed by atoms with Crippen LogP contribution >= 0.6 is 0 Å². The first-order valence-corrected chi connectivity index (χ1v) is 7.38. The number of benzene rings is 1. The highest BCUT2D eigenvalue weighted by Gasteiger charge is 2.08. The molecule has 120 valence electrons. The molecule has 1 heterocycles. The van der Waals surface area contributed by atoms with E-state index in [-0.39, 0.29) is 5.91 Å². The molecule has 0 bridgehead atoms. The van der Waals surface area contributed by atoms with Crippen LogP contribution in [0.2, 0.25) is 0 Å². The van der Waals surface area contributed by atoms with Crippen LogP contribution in [0.3, 0.4) is 0 Å². The van der Waals surface area contributed by atoms with Crippen LogP contribution in [0.25, 0.3) is 0 Å². The number of aryl methyl sites for hydroxylation is 2. The Kier molecular flexibility index (Phi) is 6.68. The fourth-order valence-electron chi connectivity index (χ4n) is 1.80. The zero-order valence-electron chi connectivity index (χ0n) is 14.1. The monoisotopic (exact) mass is 311 g/mol. The Morgan fingerprint density at radius 2 is 1.96 bits per heavy atom. The second-order valence-electron chi connectivity index (χ2n) is 4.54. The van der Waals surface area contributed by atoms with E-state index in [2.05, 4.69) is 20.6 Å².